The second kappa shape index (κ2) is 13.3. The lowest BCUT2D eigenvalue weighted by Crippen LogP contribution is -2.52. The highest BCUT2D eigenvalue weighted by Gasteiger charge is 2.31. The van der Waals surface area contributed by atoms with Crippen molar-refractivity contribution in [2.24, 2.45) is 0 Å². The number of para-hydroxylation sites is 1. The average molecular weight is 629 g/mol. The minimum atomic E-state index is -3.82. The zero-order chi connectivity index (χ0) is 28.7. The third kappa shape index (κ3) is 8.08. The maximum Gasteiger partial charge on any atom is 0.244 e. The molecule has 2 amide bonds. The van der Waals surface area contributed by atoms with Gasteiger partial charge in [-0.2, -0.15) is 0 Å². The molecule has 1 N–H and O–H groups in total. The molecule has 10 heteroatoms. The topological polar surface area (TPSA) is 96.0 Å². The fourth-order valence-electron chi connectivity index (χ4n) is 4.68. The van der Waals surface area contributed by atoms with Crippen LogP contribution in [0.4, 0.5) is 5.69 Å². The number of nitrogens with zero attached hydrogens (tertiary/aromatic N) is 2. The van der Waals surface area contributed by atoms with Gasteiger partial charge < -0.3 is 15.0 Å². The quantitative estimate of drug-likeness (QED) is 0.303. The van der Waals surface area contributed by atoms with Gasteiger partial charge in [0.15, 0.2) is 0 Å². The van der Waals surface area contributed by atoms with Crippen LogP contribution in [0.5, 0.6) is 11.5 Å². The van der Waals surface area contributed by atoms with Gasteiger partial charge in [-0.15, -0.1) is 0 Å². The minimum absolute atomic E-state index is 0.101. The first-order valence-corrected chi connectivity index (χ1v) is 15.9. The average Bonchev–Trinajstić information content (AvgIpc) is 3.44. The van der Waals surface area contributed by atoms with E-state index in [1.54, 1.807) is 31.2 Å². The fourth-order valence-corrected chi connectivity index (χ4v) is 5.79. The molecule has 1 aliphatic rings. The molecule has 4 rings (SSSR count). The van der Waals surface area contributed by atoms with Crippen LogP contribution in [0, 0.1) is 0 Å². The van der Waals surface area contributed by atoms with Gasteiger partial charge in [0.2, 0.25) is 21.8 Å². The third-order valence-electron chi connectivity index (χ3n) is 6.92. The van der Waals surface area contributed by atoms with Crippen molar-refractivity contribution in [1.29, 1.82) is 0 Å². The normalized spacial score (nSPS) is 14.4. The van der Waals surface area contributed by atoms with Gasteiger partial charge >= 0.3 is 0 Å². The van der Waals surface area contributed by atoms with E-state index in [0.29, 0.717) is 17.2 Å². The summed E-state index contributed by atoms with van der Waals surface area (Å²) in [5.74, 6) is 0.459. The van der Waals surface area contributed by atoms with Crippen LogP contribution in [0.2, 0.25) is 0 Å². The van der Waals surface area contributed by atoms with Crippen molar-refractivity contribution in [3.8, 4) is 11.5 Å². The molecule has 1 aliphatic carbocycles. The third-order valence-corrected chi connectivity index (χ3v) is 8.59. The van der Waals surface area contributed by atoms with E-state index in [4.69, 9.17) is 4.74 Å². The van der Waals surface area contributed by atoms with Gasteiger partial charge in [-0.25, -0.2) is 8.42 Å². The first-order chi connectivity index (χ1) is 19.1. The molecule has 0 spiro atoms. The lowest BCUT2D eigenvalue weighted by atomic mass is 10.1. The van der Waals surface area contributed by atoms with Crippen molar-refractivity contribution in [2.45, 2.75) is 51.2 Å². The van der Waals surface area contributed by atoms with Crippen LogP contribution in [0.15, 0.2) is 83.3 Å². The summed E-state index contributed by atoms with van der Waals surface area (Å²) in [5.41, 5.74) is 1.15. The number of carbonyl (C=O) groups is 2. The number of anilines is 1. The highest BCUT2D eigenvalue weighted by atomic mass is 79.9. The Kier molecular flexibility index (Phi) is 9.86. The van der Waals surface area contributed by atoms with Crippen molar-refractivity contribution in [3.05, 3.63) is 88.9 Å². The molecule has 40 heavy (non-hydrogen) atoms. The Morgan fingerprint density at radius 1 is 0.950 bits per heavy atom. The number of rotatable bonds is 11. The Bertz CT molecular complexity index is 1390. The lowest BCUT2D eigenvalue weighted by Gasteiger charge is -2.32. The predicted octanol–water partition coefficient (Wildman–Crippen LogP) is 5.48. The fraction of sp³-hybridized carbons (Fsp3) is 0.333. The highest BCUT2D eigenvalue weighted by Crippen LogP contribution is 2.26. The zero-order valence-corrected chi connectivity index (χ0v) is 25.0. The number of amides is 2. The molecule has 0 radical (unpaired) electrons. The van der Waals surface area contributed by atoms with Crippen LogP contribution in [-0.4, -0.2) is 50.0 Å². The molecule has 212 valence electrons. The zero-order valence-electron chi connectivity index (χ0n) is 22.6. The van der Waals surface area contributed by atoms with E-state index in [1.165, 1.54) is 4.90 Å². The monoisotopic (exact) mass is 627 g/mol. The molecule has 0 bridgehead atoms. The molecular formula is C30H34BrN3O5S. The van der Waals surface area contributed by atoms with Crippen molar-refractivity contribution in [2.75, 3.05) is 17.1 Å². The van der Waals surface area contributed by atoms with Crippen LogP contribution in [-0.2, 0) is 26.2 Å². The van der Waals surface area contributed by atoms with Gasteiger partial charge in [0, 0.05) is 17.1 Å². The van der Waals surface area contributed by atoms with Gasteiger partial charge in [0.1, 0.15) is 24.1 Å². The summed E-state index contributed by atoms with van der Waals surface area (Å²) in [6.07, 6.45) is 5.04. The molecule has 1 atom stereocenters. The van der Waals surface area contributed by atoms with E-state index in [-0.39, 0.29) is 18.5 Å². The minimum Gasteiger partial charge on any atom is -0.457 e. The van der Waals surface area contributed by atoms with Crippen LogP contribution in [0.25, 0.3) is 0 Å². The standard InChI is InChI=1S/C30H34BrN3O5S/c1-22(30(36)32-25-8-6-7-9-25)33(20-23-12-14-24(31)15-13-23)29(35)21-34(40(2,37)38)26-16-18-28(19-17-26)39-27-10-4-3-5-11-27/h3-5,10-19,22,25H,6-9,20-21H2,1-2H3,(H,32,36)/t22-/m0/s1. The van der Waals surface area contributed by atoms with E-state index in [0.717, 1.165) is 46.3 Å². The lowest BCUT2D eigenvalue weighted by molar-refractivity contribution is -0.139. The Morgan fingerprint density at radius 3 is 2.15 bits per heavy atom. The number of hydrogen-bond donors (Lipinski definition) is 1. The maximum absolute atomic E-state index is 13.7. The van der Waals surface area contributed by atoms with Crippen molar-refractivity contribution in [1.82, 2.24) is 10.2 Å². The van der Waals surface area contributed by atoms with Crippen LogP contribution < -0.4 is 14.4 Å². The summed E-state index contributed by atoms with van der Waals surface area (Å²) in [7, 11) is -3.82. The number of nitrogens with one attached hydrogen (secondary N) is 1. The number of ether oxygens (including phenoxy) is 1. The SMILES string of the molecule is C[C@@H](C(=O)NC1CCCC1)N(Cc1ccc(Br)cc1)C(=O)CN(c1ccc(Oc2ccccc2)cc1)S(C)(=O)=O. The molecule has 0 saturated heterocycles. The molecule has 0 heterocycles. The molecule has 1 fully saturated rings. The molecule has 1 saturated carbocycles. The molecule has 3 aromatic rings. The van der Waals surface area contributed by atoms with E-state index < -0.39 is 28.5 Å². The molecule has 0 aliphatic heterocycles. The summed E-state index contributed by atoms with van der Waals surface area (Å²) >= 11 is 3.42. The van der Waals surface area contributed by atoms with Crippen molar-refractivity contribution < 1.29 is 22.7 Å². The molecular weight excluding hydrogens is 594 g/mol. The molecule has 8 nitrogen and oxygen atoms in total. The highest BCUT2D eigenvalue weighted by molar-refractivity contribution is 9.10. The number of benzene rings is 3. The largest absolute Gasteiger partial charge is 0.457 e. The number of carbonyl (C=O) groups excluding carboxylic acids is 2. The van der Waals surface area contributed by atoms with Gasteiger partial charge in [0.25, 0.3) is 0 Å². The van der Waals surface area contributed by atoms with Crippen LogP contribution >= 0.6 is 15.9 Å². The number of halogens is 1. The van der Waals surface area contributed by atoms with Crippen LogP contribution in [0.3, 0.4) is 0 Å². The van der Waals surface area contributed by atoms with E-state index in [9.17, 15) is 18.0 Å². The molecule has 0 unspecified atom stereocenters. The maximum atomic E-state index is 13.7. The summed E-state index contributed by atoms with van der Waals surface area (Å²) < 4.78 is 33.4. The Balaban J connectivity index is 1.55. The smallest absolute Gasteiger partial charge is 0.244 e. The summed E-state index contributed by atoms with van der Waals surface area (Å²) in [5, 5.41) is 3.06. The van der Waals surface area contributed by atoms with Crippen molar-refractivity contribution >= 4 is 43.5 Å². The van der Waals surface area contributed by atoms with Crippen molar-refractivity contribution in [3.63, 3.8) is 0 Å². The Hall–Kier alpha value is -3.37. The van der Waals surface area contributed by atoms with Gasteiger partial charge in [-0.3, -0.25) is 13.9 Å². The first kappa shape index (κ1) is 29.6. The van der Waals surface area contributed by atoms with Gasteiger partial charge in [-0.05, 0) is 73.9 Å². The Labute approximate surface area is 244 Å². The first-order valence-electron chi connectivity index (χ1n) is 13.2. The predicted molar refractivity (Wildman–Crippen MR) is 160 cm³/mol. The number of hydrogen-bond acceptors (Lipinski definition) is 5. The van der Waals surface area contributed by atoms with Gasteiger partial charge in [0.05, 0.1) is 11.9 Å². The molecule has 3 aromatic carbocycles. The van der Waals surface area contributed by atoms with E-state index in [2.05, 4.69) is 21.2 Å². The summed E-state index contributed by atoms with van der Waals surface area (Å²) in [6, 6.07) is 22.5. The van der Waals surface area contributed by atoms with Crippen LogP contribution in [0.1, 0.15) is 38.2 Å². The molecule has 0 aromatic heterocycles. The summed E-state index contributed by atoms with van der Waals surface area (Å²) in [6.45, 7) is 1.39. The Morgan fingerprint density at radius 2 is 1.55 bits per heavy atom. The second-order valence-corrected chi connectivity index (χ2v) is 12.8. The van der Waals surface area contributed by atoms with Gasteiger partial charge in [-0.1, -0.05) is 59.1 Å². The second-order valence-electron chi connectivity index (χ2n) is 9.99. The van der Waals surface area contributed by atoms with E-state index >= 15 is 0 Å². The number of sulfonamides is 1. The summed E-state index contributed by atoms with van der Waals surface area (Å²) in [4.78, 5) is 28.4. The van der Waals surface area contributed by atoms with E-state index in [1.807, 2.05) is 54.6 Å².